The number of hydrazone groups is 1. The molecule has 0 radical (unpaired) electrons. The summed E-state index contributed by atoms with van der Waals surface area (Å²) in [5.74, 6) is 4.97. The van der Waals surface area contributed by atoms with E-state index in [0.717, 1.165) is 5.56 Å². The number of nitrogens with one attached hydrogen (secondary N) is 1. The van der Waals surface area contributed by atoms with Gasteiger partial charge in [0.1, 0.15) is 0 Å². The summed E-state index contributed by atoms with van der Waals surface area (Å²) in [7, 11) is -4.07. The topological polar surface area (TPSA) is 149 Å². The van der Waals surface area contributed by atoms with Gasteiger partial charge in [0.05, 0.1) is 5.56 Å². The van der Waals surface area contributed by atoms with E-state index in [1.165, 1.54) is 6.20 Å². The number of primary sulfonamides is 1. The first-order chi connectivity index (χ1) is 9.95. The van der Waals surface area contributed by atoms with Gasteiger partial charge in [0.15, 0.2) is 10.9 Å². The van der Waals surface area contributed by atoms with E-state index in [9.17, 15) is 8.42 Å². The lowest BCUT2D eigenvalue weighted by atomic mass is 10.0. The molecule has 110 valence electrons. The van der Waals surface area contributed by atoms with Gasteiger partial charge < -0.3 is 5.73 Å². The van der Waals surface area contributed by atoms with Gasteiger partial charge in [0.25, 0.3) is 10.0 Å². The lowest BCUT2D eigenvalue weighted by Crippen LogP contribution is -2.27. The molecule has 0 saturated heterocycles. The SMILES string of the molecule is NN/N=C(\N)c1c(-c2ccccc2)ccnc1S(N)(=O)=O. The number of benzene rings is 1. The molecule has 1 heterocycles. The summed E-state index contributed by atoms with van der Waals surface area (Å²) in [5.41, 5.74) is 9.19. The smallest absolute Gasteiger partial charge is 0.256 e. The van der Waals surface area contributed by atoms with Gasteiger partial charge in [-0.15, -0.1) is 5.10 Å². The van der Waals surface area contributed by atoms with E-state index >= 15 is 0 Å². The first kappa shape index (κ1) is 14.9. The lowest BCUT2D eigenvalue weighted by molar-refractivity contribution is 0.594. The first-order valence-corrected chi connectivity index (χ1v) is 7.36. The van der Waals surface area contributed by atoms with Crippen LogP contribution in [0.25, 0.3) is 11.1 Å². The number of sulfonamides is 1. The minimum absolute atomic E-state index is 0.101. The van der Waals surface area contributed by atoms with Crippen LogP contribution in [-0.2, 0) is 10.0 Å². The largest absolute Gasteiger partial charge is 0.382 e. The molecule has 0 aliphatic rings. The number of hydrazine groups is 1. The zero-order valence-electron chi connectivity index (χ0n) is 10.9. The van der Waals surface area contributed by atoms with Crippen molar-refractivity contribution in [3.8, 4) is 11.1 Å². The van der Waals surface area contributed by atoms with E-state index in [2.05, 4.69) is 10.1 Å². The summed E-state index contributed by atoms with van der Waals surface area (Å²) in [6.45, 7) is 0. The van der Waals surface area contributed by atoms with E-state index in [1.807, 2.05) is 23.7 Å². The number of pyridine rings is 1. The third-order valence-electron chi connectivity index (χ3n) is 2.71. The Labute approximate surface area is 121 Å². The van der Waals surface area contributed by atoms with Crippen molar-refractivity contribution in [1.29, 1.82) is 0 Å². The fourth-order valence-electron chi connectivity index (χ4n) is 1.89. The van der Waals surface area contributed by atoms with Gasteiger partial charge in [-0.2, -0.15) is 0 Å². The Balaban J connectivity index is 2.81. The zero-order chi connectivity index (χ0) is 15.5. The first-order valence-electron chi connectivity index (χ1n) is 5.81. The molecule has 9 heteroatoms. The molecule has 0 fully saturated rings. The Morgan fingerprint density at radius 2 is 1.86 bits per heavy atom. The predicted octanol–water partition coefficient (Wildman–Crippen LogP) is -0.520. The summed E-state index contributed by atoms with van der Waals surface area (Å²) in [5, 5.41) is 8.44. The molecule has 0 aliphatic heterocycles. The molecule has 0 bridgehead atoms. The van der Waals surface area contributed by atoms with Crippen molar-refractivity contribution in [2.45, 2.75) is 5.03 Å². The molecule has 0 unspecified atom stereocenters. The number of hydrogen-bond donors (Lipinski definition) is 4. The van der Waals surface area contributed by atoms with Gasteiger partial charge in [0, 0.05) is 6.20 Å². The molecule has 7 N–H and O–H groups in total. The van der Waals surface area contributed by atoms with Crippen molar-refractivity contribution in [1.82, 2.24) is 10.5 Å². The van der Waals surface area contributed by atoms with Crippen LogP contribution in [0.2, 0.25) is 0 Å². The van der Waals surface area contributed by atoms with Crippen LogP contribution in [0, 0.1) is 0 Å². The summed E-state index contributed by atoms with van der Waals surface area (Å²) in [6, 6.07) is 10.7. The quantitative estimate of drug-likeness (QED) is 0.258. The number of rotatable bonds is 4. The number of hydrogen-bond acceptors (Lipinski definition) is 6. The second-order valence-electron chi connectivity index (χ2n) is 4.08. The molecular formula is C12H14N6O2S. The van der Waals surface area contributed by atoms with Crippen molar-refractivity contribution >= 4 is 15.9 Å². The average molecular weight is 306 g/mol. The molecule has 0 amide bonds. The van der Waals surface area contributed by atoms with Gasteiger partial charge in [-0.05, 0) is 17.2 Å². The standard InChI is InChI=1S/C12H14N6O2S/c13-11(17-18-14)10-9(8-4-2-1-3-5-8)6-7-16-12(10)21(15,19)20/h1-7,18H,14H2,(H2,13,17)(H2,15,19,20). The summed E-state index contributed by atoms with van der Waals surface area (Å²) >= 11 is 0. The highest BCUT2D eigenvalue weighted by atomic mass is 32.2. The Kier molecular flexibility index (Phi) is 4.17. The molecule has 21 heavy (non-hydrogen) atoms. The third-order valence-corrected chi connectivity index (χ3v) is 3.56. The van der Waals surface area contributed by atoms with Crippen LogP contribution >= 0.6 is 0 Å². The predicted molar refractivity (Wildman–Crippen MR) is 79.1 cm³/mol. The monoisotopic (exact) mass is 306 g/mol. The highest BCUT2D eigenvalue weighted by Gasteiger charge is 2.22. The highest BCUT2D eigenvalue weighted by molar-refractivity contribution is 7.89. The summed E-state index contributed by atoms with van der Waals surface area (Å²) in [6.07, 6.45) is 1.34. The number of nitrogens with two attached hydrogens (primary N) is 3. The molecule has 0 aliphatic carbocycles. The minimum atomic E-state index is -4.07. The maximum atomic E-state index is 11.7. The molecule has 2 aromatic rings. The van der Waals surface area contributed by atoms with Crippen LogP contribution in [0.5, 0.6) is 0 Å². The molecular weight excluding hydrogens is 292 g/mol. The van der Waals surface area contributed by atoms with Crippen molar-refractivity contribution in [2.24, 2.45) is 21.8 Å². The number of amidine groups is 1. The van der Waals surface area contributed by atoms with Crippen LogP contribution < -0.4 is 22.3 Å². The number of aromatic nitrogens is 1. The van der Waals surface area contributed by atoms with Crippen LogP contribution in [0.4, 0.5) is 0 Å². The maximum Gasteiger partial charge on any atom is 0.256 e. The summed E-state index contributed by atoms with van der Waals surface area (Å²) < 4.78 is 23.4. The Hall–Kier alpha value is -2.49. The lowest BCUT2D eigenvalue weighted by Gasteiger charge is -2.12. The van der Waals surface area contributed by atoms with Crippen molar-refractivity contribution in [3.05, 3.63) is 48.2 Å². The fraction of sp³-hybridized carbons (Fsp3) is 0. The second-order valence-corrected chi connectivity index (χ2v) is 5.55. The molecule has 8 nitrogen and oxygen atoms in total. The molecule has 0 saturated carbocycles. The van der Waals surface area contributed by atoms with Crippen LogP contribution in [0.15, 0.2) is 52.7 Å². The van der Waals surface area contributed by atoms with Crippen LogP contribution in [-0.4, -0.2) is 19.2 Å². The van der Waals surface area contributed by atoms with E-state index in [-0.39, 0.29) is 16.4 Å². The summed E-state index contributed by atoms with van der Waals surface area (Å²) in [4.78, 5) is 3.80. The Bertz CT molecular complexity index is 774. The van der Waals surface area contributed by atoms with Gasteiger partial charge in [-0.25, -0.2) is 29.9 Å². The number of nitrogens with zero attached hydrogens (tertiary/aromatic N) is 2. The van der Waals surface area contributed by atoms with Gasteiger partial charge >= 0.3 is 0 Å². The average Bonchev–Trinajstić information content (AvgIpc) is 2.46. The molecule has 2 rings (SSSR count). The third kappa shape index (κ3) is 3.16. The Morgan fingerprint density at radius 1 is 1.19 bits per heavy atom. The van der Waals surface area contributed by atoms with Crippen molar-refractivity contribution in [2.75, 3.05) is 0 Å². The van der Waals surface area contributed by atoms with Crippen molar-refractivity contribution < 1.29 is 8.42 Å². The molecule has 0 spiro atoms. The molecule has 1 aromatic carbocycles. The van der Waals surface area contributed by atoms with Gasteiger partial charge in [-0.3, -0.25) is 0 Å². The fourth-order valence-corrected chi connectivity index (χ4v) is 2.60. The highest BCUT2D eigenvalue weighted by Crippen LogP contribution is 2.26. The van der Waals surface area contributed by atoms with E-state index < -0.39 is 10.0 Å². The van der Waals surface area contributed by atoms with Crippen LogP contribution in [0.1, 0.15) is 5.56 Å². The maximum absolute atomic E-state index is 11.7. The molecule has 1 aromatic heterocycles. The zero-order valence-corrected chi connectivity index (χ0v) is 11.7. The van der Waals surface area contributed by atoms with E-state index in [0.29, 0.717) is 5.56 Å². The van der Waals surface area contributed by atoms with Gasteiger partial charge in [0.2, 0.25) is 0 Å². The van der Waals surface area contributed by atoms with Crippen molar-refractivity contribution in [3.63, 3.8) is 0 Å². The normalized spacial score (nSPS) is 12.2. The second kappa shape index (κ2) is 5.87. The van der Waals surface area contributed by atoms with Gasteiger partial charge in [-0.1, -0.05) is 30.3 Å². The van der Waals surface area contributed by atoms with E-state index in [1.54, 1.807) is 18.2 Å². The van der Waals surface area contributed by atoms with Crippen LogP contribution in [0.3, 0.4) is 0 Å². The van der Waals surface area contributed by atoms with E-state index in [4.69, 9.17) is 16.7 Å². The minimum Gasteiger partial charge on any atom is -0.382 e. The Morgan fingerprint density at radius 3 is 2.43 bits per heavy atom. The molecule has 0 atom stereocenters.